The summed E-state index contributed by atoms with van der Waals surface area (Å²) in [5.74, 6) is 0.0837. The van der Waals surface area contributed by atoms with E-state index in [4.69, 9.17) is 18.0 Å². The predicted octanol–water partition coefficient (Wildman–Crippen LogP) is 3.19. The van der Waals surface area contributed by atoms with Gasteiger partial charge in [-0.15, -0.1) is 11.3 Å². The third kappa shape index (κ3) is 3.31. The number of nitrogens with two attached hydrogens (primary N) is 1. The van der Waals surface area contributed by atoms with Crippen molar-refractivity contribution < 1.29 is 4.79 Å². The first-order chi connectivity index (χ1) is 10.1. The van der Waals surface area contributed by atoms with Gasteiger partial charge in [0.1, 0.15) is 4.99 Å². The lowest BCUT2D eigenvalue weighted by molar-refractivity contribution is 0.0731. The maximum atomic E-state index is 12.7. The van der Waals surface area contributed by atoms with E-state index in [1.54, 1.807) is 23.5 Å². The monoisotopic (exact) mass is 316 g/mol. The number of hydrogen-bond acceptors (Lipinski definition) is 3. The Balaban J connectivity index is 1.79. The van der Waals surface area contributed by atoms with Crippen LogP contribution in [0.3, 0.4) is 0 Å². The number of thiocarbonyl (C=S) groups is 1. The Morgan fingerprint density at radius 2 is 1.90 bits per heavy atom. The summed E-state index contributed by atoms with van der Waals surface area (Å²) < 4.78 is 0. The summed E-state index contributed by atoms with van der Waals surface area (Å²) in [6.45, 7) is 0.693. The van der Waals surface area contributed by atoms with E-state index in [9.17, 15) is 4.79 Å². The molecule has 5 heteroatoms. The molecule has 1 aliphatic carbocycles. The van der Waals surface area contributed by atoms with Gasteiger partial charge in [0.15, 0.2) is 0 Å². The number of nitrogens with zero attached hydrogens (tertiary/aromatic N) is 1. The van der Waals surface area contributed by atoms with Crippen LogP contribution in [0.5, 0.6) is 0 Å². The van der Waals surface area contributed by atoms with Crippen molar-refractivity contribution in [1.29, 1.82) is 0 Å². The zero-order valence-electron chi connectivity index (χ0n) is 11.5. The van der Waals surface area contributed by atoms with Crippen LogP contribution in [0.15, 0.2) is 41.8 Å². The molecule has 21 heavy (non-hydrogen) atoms. The molecule has 1 amide bonds. The van der Waals surface area contributed by atoms with Crippen LogP contribution < -0.4 is 5.73 Å². The Kier molecular flexibility index (Phi) is 4.03. The SMILES string of the molecule is NC(=S)c1ccc(C(=O)N(Cc2cccs2)C2CC2)cc1. The minimum absolute atomic E-state index is 0.0837. The van der Waals surface area contributed by atoms with Gasteiger partial charge in [-0.05, 0) is 36.4 Å². The van der Waals surface area contributed by atoms with Gasteiger partial charge in [0, 0.05) is 22.0 Å². The summed E-state index contributed by atoms with van der Waals surface area (Å²) in [5.41, 5.74) is 7.07. The van der Waals surface area contributed by atoms with Gasteiger partial charge in [0.25, 0.3) is 5.91 Å². The largest absolute Gasteiger partial charge is 0.389 e. The Morgan fingerprint density at radius 1 is 1.24 bits per heavy atom. The van der Waals surface area contributed by atoms with Gasteiger partial charge in [0.2, 0.25) is 0 Å². The van der Waals surface area contributed by atoms with Crippen molar-refractivity contribution in [2.24, 2.45) is 5.73 Å². The number of rotatable bonds is 5. The normalized spacial score (nSPS) is 13.9. The van der Waals surface area contributed by atoms with E-state index in [-0.39, 0.29) is 5.91 Å². The number of benzene rings is 1. The highest BCUT2D eigenvalue weighted by atomic mass is 32.1. The second-order valence-corrected chi connectivity index (χ2v) is 6.66. The number of hydrogen-bond donors (Lipinski definition) is 1. The second-order valence-electron chi connectivity index (χ2n) is 5.19. The second kappa shape index (κ2) is 5.95. The highest BCUT2D eigenvalue weighted by molar-refractivity contribution is 7.80. The molecule has 0 atom stereocenters. The fourth-order valence-corrected chi connectivity index (χ4v) is 3.11. The molecule has 1 heterocycles. The van der Waals surface area contributed by atoms with Crippen LogP contribution in [-0.2, 0) is 6.54 Å². The molecule has 0 unspecified atom stereocenters. The summed E-state index contributed by atoms with van der Waals surface area (Å²) in [5, 5.41) is 2.04. The molecular formula is C16H16N2OS2. The molecule has 0 aliphatic heterocycles. The molecule has 2 aromatic rings. The van der Waals surface area contributed by atoms with Crippen LogP contribution in [0.4, 0.5) is 0 Å². The van der Waals surface area contributed by atoms with Crippen LogP contribution >= 0.6 is 23.6 Å². The molecule has 0 saturated heterocycles. The molecule has 0 spiro atoms. The quantitative estimate of drug-likeness (QED) is 0.862. The molecule has 3 nitrogen and oxygen atoms in total. The van der Waals surface area contributed by atoms with E-state index in [2.05, 4.69) is 6.07 Å². The molecular weight excluding hydrogens is 300 g/mol. The smallest absolute Gasteiger partial charge is 0.254 e. The van der Waals surface area contributed by atoms with Crippen LogP contribution in [0.25, 0.3) is 0 Å². The molecule has 3 rings (SSSR count). The van der Waals surface area contributed by atoms with Crippen molar-refractivity contribution in [2.75, 3.05) is 0 Å². The van der Waals surface area contributed by atoms with Crippen LogP contribution in [0.1, 0.15) is 33.6 Å². The van der Waals surface area contributed by atoms with Crippen LogP contribution in [0, 0.1) is 0 Å². The van der Waals surface area contributed by atoms with Gasteiger partial charge in [-0.25, -0.2) is 0 Å². The molecule has 1 aromatic heterocycles. The van der Waals surface area contributed by atoms with Crippen molar-refractivity contribution in [2.45, 2.75) is 25.4 Å². The first-order valence-electron chi connectivity index (χ1n) is 6.88. The number of carbonyl (C=O) groups excluding carboxylic acids is 1. The lowest BCUT2D eigenvalue weighted by atomic mass is 10.1. The lowest BCUT2D eigenvalue weighted by Crippen LogP contribution is -2.32. The van der Waals surface area contributed by atoms with Crippen molar-refractivity contribution >= 4 is 34.5 Å². The molecule has 2 N–H and O–H groups in total. The highest BCUT2D eigenvalue weighted by Crippen LogP contribution is 2.30. The van der Waals surface area contributed by atoms with Crippen LogP contribution in [0.2, 0.25) is 0 Å². The summed E-state index contributed by atoms with van der Waals surface area (Å²) in [4.78, 5) is 16.2. The van der Waals surface area contributed by atoms with Gasteiger partial charge in [-0.2, -0.15) is 0 Å². The van der Waals surface area contributed by atoms with Crippen LogP contribution in [-0.4, -0.2) is 21.8 Å². The maximum Gasteiger partial charge on any atom is 0.254 e. The fraction of sp³-hybridized carbons (Fsp3) is 0.250. The third-order valence-corrected chi connectivity index (χ3v) is 4.67. The zero-order chi connectivity index (χ0) is 14.8. The molecule has 1 aromatic carbocycles. The summed E-state index contributed by atoms with van der Waals surface area (Å²) in [6.07, 6.45) is 2.20. The number of amides is 1. The maximum absolute atomic E-state index is 12.7. The Bertz CT molecular complexity index is 645. The summed E-state index contributed by atoms with van der Waals surface area (Å²) >= 11 is 6.62. The standard InChI is InChI=1S/C16H16N2OS2/c17-15(20)11-3-5-12(6-4-11)16(19)18(13-7-8-13)10-14-2-1-9-21-14/h1-6,9,13H,7-8,10H2,(H2,17,20). The predicted molar refractivity (Wildman–Crippen MR) is 89.5 cm³/mol. The average Bonchev–Trinajstić information content (AvgIpc) is 3.20. The topological polar surface area (TPSA) is 46.3 Å². The lowest BCUT2D eigenvalue weighted by Gasteiger charge is -2.22. The average molecular weight is 316 g/mol. The first kappa shape index (κ1) is 14.2. The van der Waals surface area contributed by atoms with Crippen molar-refractivity contribution in [3.63, 3.8) is 0 Å². The van der Waals surface area contributed by atoms with E-state index >= 15 is 0 Å². The van der Waals surface area contributed by atoms with Crippen molar-refractivity contribution in [3.8, 4) is 0 Å². The minimum atomic E-state index is 0.0837. The molecule has 1 saturated carbocycles. The Morgan fingerprint density at radius 3 is 2.43 bits per heavy atom. The number of thiophene rings is 1. The van der Waals surface area contributed by atoms with E-state index in [0.29, 0.717) is 23.1 Å². The third-order valence-electron chi connectivity index (χ3n) is 3.57. The van der Waals surface area contributed by atoms with Gasteiger partial charge in [-0.3, -0.25) is 4.79 Å². The summed E-state index contributed by atoms with van der Waals surface area (Å²) in [7, 11) is 0. The Labute approximate surface area is 133 Å². The van der Waals surface area contributed by atoms with E-state index in [1.807, 2.05) is 28.5 Å². The fourth-order valence-electron chi connectivity index (χ4n) is 2.27. The van der Waals surface area contributed by atoms with Crippen molar-refractivity contribution in [3.05, 3.63) is 57.8 Å². The number of carbonyl (C=O) groups is 1. The minimum Gasteiger partial charge on any atom is -0.389 e. The van der Waals surface area contributed by atoms with Gasteiger partial charge in [0.05, 0.1) is 6.54 Å². The molecule has 1 aliphatic rings. The van der Waals surface area contributed by atoms with Gasteiger partial charge in [-0.1, -0.05) is 30.4 Å². The molecule has 0 radical (unpaired) electrons. The van der Waals surface area contributed by atoms with Gasteiger partial charge >= 0.3 is 0 Å². The molecule has 0 bridgehead atoms. The van der Waals surface area contributed by atoms with Gasteiger partial charge < -0.3 is 10.6 Å². The first-order valence-corrected chi connectivity index (χ1v) is 8.17. The van der Waals surface area contributed by atoms with E-state index in [1.165, 1.54) is 4.88 Å². The Hall–Kier alpha value is -1.72. The van der Waals surface area contributed by atoms with E-state index in [0.717, 1.165) is 18.4 Å². The zero-order valence-corrected chi connectivity index (χ0v) is 13.1. The molecule has 1 fully saturated rings. The highest BCUT2D eigenvalue weighted by Gasteiger charge is 2.33. The van der Waals surface area contributed by atoms with Crippen molar-refractivity contribution in [1.82, 2.24) is 4.90 Å². The molecule has 108 valence electrons. The van der Waals surface area contributed by atoms with E-state index < -0.39 is 0 Å². The summed E-state index contributed by atoms with van der Waals surface area (Å²) in [6, 6.07) is 11.7.